The van der Waals surface area contributed by atoms with E-state index in [9.17, 15) is 0 Å². The first-order chi connectivity index (χ1) is 11.5. The summed E-state index contributed by atoms with van der Waals surface area (Å²) in [6.45, 7) is 1.91. The molecule has 2 aromatic carbocycles. The molecule has 0 unspecified atom stereocenters. The number of hydrogen-bond acceptors (Lipinski definition) is 5. The van der Waals surface area contributed by atoms with Gasteiger partial charge in [-0.1, -0.05) is 40.9 Å². The Kier molecular flexibility index (Phi) is 5.04. The molecule has 0 aliphatic rings. The molecule has 0 saturated carbocycles. The first-order valence-corrected chi connectivity index (χ1v) is 8.10. The summed E-state index contributed by atoms with van der Waals surface area (Å²) >= 11 is 18.0. The maximum atomic E-state index is 6.11. The van der Waals surface area contributed by atoms with Gasteiger partial charge < -0.3 is 10.6 Å². The number of hydrogen-bond donors (Lipinski definition) is 2. The summed E-state index contributed by atoms with van der Waals surface area (Å²) in [5.74, 6) is 0.871. The third kappa shape index (κ3) is 3.87. The normalized spacial score (nSPS) is 10.5. The van der Waals surface area contributed by atoms with Crippen molar-refractivity contribution in [2.75, 3.05) is 10.6 Å². The van der Waals surface area contributed by atoms with E-state index in [0.29, 0.717) is 26.8 Å². The van der Waals surface area contributed by atoms with Crippen LogP contribution in [0.3, 0.4) is 0 Å². The third-order valence-corrected chi connectivity index (χ3v) is 4.41. The van der Waals surface area contributed by atoms with Crippen LogP contribution in [0.25, 0.3) is 0 Å². The minimum Gasteiger partial charge on any atom is -0.339 e. The number of aromatic nitrogens is 3. The summed E-state index contributed by atoms with van der Waals surface area (Å²) in [6.07, 6.45) is 1.51. The molecule has 3 aromatic rings. The van der Waals surface area contributed by atoms with Gasteiger partial charge in [0.1, 0.15) is 0 Å². The van der Waals surface area contributed by atoms with Gasteiger partial charge in [0.05, 0.1) is 16.2 Å². The molecule has 0 amide bonds. The summed E-state index contributed by atoms with van der Waals surface area (Å²) in [5.41, 5.74) is 2.47. The number of nitrogens with one attached hydrogen (secondary N) is 2. The van der Waals surface area contributed by atoms with Crippen molar-refractivity contribution in [3.8, 4) is 0 Å². The Bertz CT molecular complexity index is 885. The van der Waals surface area contributed by atoms with Crippen LogP contribution in [0.4, 0.5) is 23.1 Å². The van der Waals surface area contributed by atoms with Gasteiger partial charge in [0, 0.05) is 16.4 Å². The van der Waals surface area contributed by atoms with Gasteiger partial charge in [-0.3, -0.25) is 0 Å². The topological polar surface area (TPSA) is 62.7 Å². The predicted molar refractivity (Wildman–Crippen MR) is 99.0 cm³/mol. The van der Waals surface area contributed by atoms with Gasteiger partial charge in [0.15, 0.2) is 5.82 Å². The summed E-state index contributed by atoms with van der Waals surface area (Å²) in [7, 11) is 0. The largest absolute Gasteiger partial charge is 0.339 e. The van der Waals surface area contributed by atoms with Gasteiger partial charge in [-0.25, -0.2) is 0 Å². The summed E-state index contributed by atoms with van der Waals surface area (Å²) in [6, 6.07) is 10.8. The highest BCUT2D eigenvalue weighted by Crippen LogP contribution is 2.27. The average Bonchev–Trinajstić information content (AvgIpc) is 2.56. The molecule has 0 aliphatic heterocycles. The lowest BCUT2D eigenvalue weighted by molar-refractivity contribution is 0.982. The Morgan fingerprint density at radius 2 is 1.75 bits per heavy atom. The Labute approximate surface area is 154 Å². The number of benzene rings is 2. The molecule has 5 nitrogen and oxygen atoms in total. The van der Waals surface area contributed by atoms with Gasteiger partial charge >= 0.3 is 0 Å². The lowest BCUT2D eigenvalue weighted by atomic mass is 10.2. The smallest absolute Gasteiger partial charge is 0.249 e. The van der Waals surface area contributed by atoms with Crippen LogP contribution in [0.5, 0.6) is 0 Å². The second kappa shape index (κ2) is 7.21. The summed E-state index contributed by atoms with van der Waals surface area (Å²) in [4.78, 5) is 4.37. The zero-order valence-electron chi connectivity index (χ0n) is 12.5. The van der Waals surface area contributed by atoms with Crippen LogP contribution in [0.2, 0.25) is 15.1 Å². The van der Waals surface area contributed by atoms with Crippen molar-refractivity contribution in [3.05, 3.63) is 63.2 Å². The third-order valence-electron chi connectivity index (χ3n) is 3.27. The molecule has 1 aromatic heterocycles. The van der Waals surface area contributed by atoms with Crippen LogP contribution in [-0.2, 0) is 0 Å². The van der Waals surface area contributed by atoms with Gasteiger partial charge in [-0.15, -0.1) is 5.10 Å². The van der Waals surface area contributed by atoms with E-state index in [1.807, 2.05) is 25.1 Å². The van der Waals surface area contributed by atoms with E-state index in [1.165, 1.54) is 6.20 Å². The van der Waals surface area contributed by atoms with Crippen molar-refractivity contribution in [2.45, 2.75) is 6.92 Å². The molecule has 0 radical (unpaired) electrons. The minimum absolute atomic E-state index is 0.352. The van der Waals surface area contributed by atoms with Crippen LogP contribution in [0, 0.1) is 6.92 Å². The highest BCUT2D eigenvalue weighted by molar-refractivity contribution is 6.42. The summed E-state index contributed by atoms with van der Waals surface area (Å²) in [5, 5.41) is 15.7. The van der Waals surface area contributed by atoms with E-state index in [0.717, 1.165) is 16.9 Å². The molecule has 24 heavy (non-hydrogen) atoms. The molecule has 1 heterocycles. The van der Waals surface area contributed by atoms with E-state index in [1.54, 1.807) is 18.2 Å². The van der Waals surface area contributed by atoms with E-state index in [2.05, 4.69) is 25.8 Å². The molecular weight excluding hydrogens is 369 g/mol. The van der Waals surface area contributed by atoms with E-state index < -0.39 is 0 Å². The molecule has 0 saturated heterocycles. The lowest BCUT2D eigenvalue weighted by Gasteiger charge is -2.10. The Morgan fingerprint density at radius 1 is 0.917 bits per heavy atom. The second-order valence-electron chi connectivity index (χ2n) is 4.96. The lowest BCUT2D eigenvalue weighted by Crippen LogP contribution is -2.03. The summed E-state index contributed by atoms with van der Waals surface area (Å²) < 4.78 is 0. The van der Waals surface area contributed by atoms with E-state index in [-0.39, 0.29) is 0 Å². The molecule has 0 atom stereocenters. The maximum Gasteiger partial charge on any atom is 0.249 e. The Balaban J connectivity index is 1.81. The molecule has 2 N–H and O–H groups in total. The van der Waals surface area contributed by atoms with Crippen LogP contribution >= 0.6 is 34.8 Å². The fraction of sp³-hybridized carbons (Fsp3) is 0.0625. The number of anilines is 4. The van der Waals surface area contributed by atoms with Gasteiger partial charge in [-0.2, -0.15) is 10.1 Å². The van der Waals surface area contributed by atoms with Crippen molar-refractivity contribution in [1.29, 1.82) is 0 Å². The van der Waals surface area contributed by atoms with Crippen LogP contribution in [0.1, 0.15) is 5.56 Å². The molecule has 8 heteroatoms. The van der Waals surface area contributed by atoms with Crippen LogP contribution < -0.4 is 10.6 Å². The molecular formula is C16H12Cl3N5. The molecule has 3 rings (SSSR count). The quantitative estimate of drug-likeness (QED) is 0.614. The monoisotopic (exact) mass is 379 g/mol. The van der Waals surface area contributed by atoms with E-state index in [4.69, 9.17) is 34.8 Å². The average molecular weight is 381 g/mol. The molecule has 122 valence electrons. The SMILES string of the molecule is Cc1c(Cl)cccc1Nc1nncc(Nc2ccc(Cl)c(Cl)c2)n1. The first kappa shape index (κ1) is 16.8. The minimum atomic E-state index is 0.352. The maximum absolute atomic E-state index is 6.11. The zero-order chi connectivity index (χ0) is 17.1. The molecule has 0 spiro atoms. The fourth-order valence-corrected chi connectivity index (χ4v) is 2.47. The van der Waals surface area contributed by atoms with Crippen molar-refractivity contribution < 1.29 is 0 Å². The van der Waals surface area contributed by atoms with Crippen molar-refractivity contribution >= 4 is 57.9 Å². The molecule has 0 fully saturated rings. The molecule has 0 aliphatic carbocycles. The first-order valence-electron chi connectivity index (χ1n) is 6.97. The predicted octanol–water partition coefficient (Wildman–Crippen LogP) is 5.63. The van der Waals surface area contributed by atoms with Crippen molar-refractivity contribution in [2.24, 2.45) is 0 Å². The standard InChI is InChI=1S/C16H12Cl3N5/c1-9-11(17)3-2-4-14(9)22-16-23-15(8-20-24-16)21-10-5-6-12(18)13(19)7-10/h2-8H,1H3,(H2,21,22,23,24). The van der Waals surface area contributed by atoms with Crippen LogP contribution in [0.15, 0.2) is 42.6 Å². The highest BCUT2D eigenvalue weighted by Gasteiger charge is 2.06. The van der Waals surface area contributed by atoms with Gasteiger partial charge in [0.2, 0.25) is 5.95 Å². The van der Waals surface area contributed by atoms with Crippen molar-refractivity contribution in [1.82, 2.24) is 15.2 Å². The van der Waals surface area contributed by atoms with E-state index >= 15 is 0 Å². The fourth-order valence-electron chi connectivity index (χ4n) is 2.00. The zero-order valence-corrected chi connectivity index (χ0v) is 14.8. The Morgan fingerprint density at radius 3 is 2.54 bits per heavy atom. The highest BCUT2D eigenvalue weighted by atomic mass is 35.5. The van der Waals surface area contributed by atoms with Gasteiger partial charge in [0.25, 0.3) is 0 Å². The Hall–Kier alpha value is -2.08. The molecule has 0 bridgehead atoms. The van der Waals surface area contributed by atoms with Crippen LogP contribution in [-0.4, -0.2) is 15.2 Å². The number of nitrogens with zero attached hydrogens (tertiary/aromatic N) is 3. The van der Waals surface area contributed by atoms with Crippen molar-refractivity contribution in [3.63, 3.8) is 0 Å². The van der Waals surface area contributed by atoms with Gasteiger partial charge in [-0.05, 0) is 42.8 Å². The number of halogens is 3. The number of rotatable bonds is 4. The second-order valence-corrected chi connectivity index (χ2v) is 6.18.